The van der Waals surface area contributed by atoms with Crippen LogP contribution in [0.5, 0.6) is 0 Å². The first-order valence-electron chi connectivity index (χ1n) is 7.67. The van der Waals surface area contributed by atoms with Crippen LogP contribution in [-0.2, 0) is 22.7 Å². The van der Waals surface area contributed by atoms with Crippen molar-refractivity contribution in [1.82, 2.24) is 0 Å². The van der Waals surface area contributed by atoms with Crippen LogP contribution in [0.1, 0.15) is 46.5 Å². The molecule has 1 unspecified atom stereocenters. The van der Waals surface area contributed by atoms with Crippen molar-refractivity contribution in [3.05, 3.63) is 12.2 Å². The van der Waals surface area contributed by atoms with Gasteiger partial charge in [0.2, 0.25) is 7.37 Å². The second-order valence-corrected chi connectivity index (χ2v) is 10.5. The summed E-state index contributed by atoms with van der Waals surface area (Å²) in [6.45, 7) is 10.2. The number of hydrogen-bond donors (Lipinski definition) is 0. The highest BCUT2D eigenvalue weighted by molar-refractivity contribution is 7.74. The van der Waals surface area contributed by atoms with Gasteiger partial charge in [-0.3, -0.25) is 9.13 Å². The van der Waals surface area contributed by atoms with Gasteiger partial charge in [-0.2, -0.15) is 0 Å². The molecular weight excluding hydrogens is 310 g/mol. The molecule has 1 aliphatic rings. The Bertz CT molecular complexity index is 415. The Kier molecular flexibility index (Phi) is 7.87. The Morgan fingerprint density at radius 1 is 1.00 bits per heavy atom. The van der Waals surface area contributed by atoms with Crippen LogP contribution >= 0.6 is 15.0 Å². The molecule has 5 nitrogen and oxygen atoms in total. The van der Waals surface area contributed by atoms with Crippen LogP contribution in [0.3, 0.4) is 0 Å². The summed E-state index contributed by atoms with van der Waals surface area (Å²) in [4.78, 5) is 0. The standard InChI is InChI=1S/C14H28O5P2/c1-5-17-20(15,14-10-8-13(4)9-11-14)12-21(16,18-6-2)19-7-3/h14H,4-12H2,1-3H3. The average Bonchev–Trinajstić information content (AvgIpc) is 2.39. The highest BCUT2D eigenvalue weighted by Gasteiger charge is 2.43. The second-order valence-electron chi connectivity index (χ2n) is 5.21. The first kappa shape index (κ1) is 19.1. The summed E-state index contributed by atoms with van der Waals surface area (Å²) < 4.78 is 42.1. The SMILES string of the molecule is C=C1CCC(P(=O)(CP(=O)(OCC)OCC)OCC)CC1. The maximum absolute atomic E-state index is 13.3. The van der Waals surface area contributed by atoms with E-state index >= 15 is 0 Å². The predicted octanol–water partition coefficient (Wildman–Crippen LogP) is 5.02. The van der Waals surface area contributed by atoms with E-state index in [2.05, 4.69) is 6.58 Å². The minimum atomic E-state index is -3.36. The molecule has 1 atom stereocenters. The van der Waals surface area contributed by atoms with Gasteiger partial charge in [0.1, 0.15) is 5.90 Å². The summed E-state index contributed by atoms with van der Waals surface area (Å²) in [5.41, 5.74) is 1.12. The van der Waals surface area contributed by atoms with Crippen molar-refractivity contribution < 1.29 is 22.7 Å². The molecule has 0 amide bonds. The molecule has 0 aromatic rings. The second kappa shape index (κ2) is 8.64. The van der Waals surface area contributed by atoms with Gasteiger partial charge in [0.15, 0.2) is 0 Å². The molecule has 0 bridgehead atoms. The number of rotatable bonds is 9. The zero-order valence-corrected chi connectivity index (χ0v) is 15.2. The lowest BCUT2D eigenvalue weighted by molar-refractivity contribution is 0.221. The largest absolute Gasteiger partial charge is 0.340 e. The molecule has 0 saturated heterocycles. The van der Waals surface area contributed by atoms with E-state index in [1.807, 2.05) is 0 Å². The van der Waals surface area contributed by atoms with Crippen molar-refractivity contribution in [3.63, 3.8) is 0 Å². The van der Waals surface area contributed by atoms with Gasteiger partial charge >= 0.3 is 7.60 Å². The van der Waals surface area contributed by atoms with Crippen molar-refractivity contribution in [2.45, 2.75) is 52.1 Å². The molecule has 21 heavy (non-hydrogen) atoms. The zero-order chi connectivity index (χ0) is 15.9. The van der Waals surface area contributed by atoms with Crippen LogP contribution in [0.2, 0.25) is 0 Å². The lowest BCUT2D eigenvalue weighted by Gasteiger charge is -2.32. The lowest BCUT2D eigenvalue weighted by Crippen LogP contribution is -2.18. The maximum Gasteiger partial charge on any atom is 0.340 e. The predicted molar refractivity (Wildman–Crippen MR) is 86.4 cm³/mol. The van der Waals surface area contributed by atoms with Crippen LogP contribution < -0.4 is 0 Å². The molecule has 7 heteroatoms. The smallest absolute Gasteiger partial charge is 0.328 e. The van der Waals surface area contributed by atoms with Gasteiger partial charge in [-0.15, -0.1) is 0 Å². The third kappa shape index (κ3) is 5.65. The van der Waals surface area contributed by atoms with Crippen LogP contribution in [-0.4, -0.2) is 31.4 Å². The molecule has 0 aromatic heterocycles. The molecule has 1 aliphatic carbocycles. The van der Waals surface area contributed by atoms with Gasteiger partial charge in [-0.25, -0.2) is 0 Å². The van der Waals surface area contributed by atoms with E-state index in [-0.39, 0.29) is 24.8 Å². The average molecular weight is 338 g/mol. The molecule has 1 saturated carbocycles. The van der Waals surface area contributed by atoms with E-state index < -0.39 is 15.0 Å². The van der Waals surface area contributed by atoms with Gasteiger partial charge in [0, 0.05) is 5.66 Å². The topological polar surface area (TPSA) is 61.8 Å². The molecule has 1 fully saturated rings. The van der Waals surface area contributed by atoms with Gasteiger partial charge in [0.25, 0.3) is 0 Å². The first-order valence-corrected chi connectivity index (χ1v) is 11.3. The monoisotopic (exact) mass is 338 g/mol. The molecule has 0 aromatic carbocycles. The highest BCUT2D eigenvalue weighted by atomic mass is 31.2. The van der Waals surface area contributed by atoms with E-state index in [9.17, 15) is 9.13 Å². The van der Waals surface area contributed by atoms with Crippen molar-refractivity contribution in [2.24, 2.45) is 0 Å². The fraction of sp³-hybridized carbons (Fsp3) is 0.857. The molecule has 0 aliphatic heterocycles. The summed E-state index contributed by atoms with van der Waals surface area (Å²) in [5, 5.41) is 0. The third-order valence-electron chi connectivity index (χ3n) is 3.59. The van der Waals surface area contributed by atoms with E-state index in [4.69, 9.17) is 13.6 Å². The molecule has 0 spiro atoms. The summed E-state index contributed by atoms with van der Waals surface area (Å²) in [6.07, 6.45) is 3.26. The summed E-state index contributed by atoms with van der Waals surface area (Å²) in [7, 11) is -6.42. The van der Waals surface area contributed by atoms with Crippen LogP contribution in [0.25, 0.3) is 0 Å². The van der Waals surface area contributed by atoms with Crippen LogP contribution in [0.4, 0.5) is 0 Å². The van der Waals surface area contributed by atoms with Crippen molar-refractivity contribution in [1.29, 1.82) is 0 Å². The molecule has 124 valence electrons. The lowest BCUT2D eigenvalue weighted by atomic mass is 9.96. The van der Waals surface area contributed by atoms with Gasteiger partial charge < -0.3 is 13.6 Å². The van der Waals surface area contributed by atoms with Crippen molar-refractivity contribution in [3.8, 4) is 0 Å². The minimum absolute atomic E-state index is 0.0720. The number of allylic oxidation sites excluding steroid dienone is 1. The van der Waals surface area contributed by atoms with Crippen molar-refractivity contribution >= 4 is 15.0 Å². The summed E-state index contributed by atoms with van der Waals surface area (Å²) >= 11 is 0. The normalized spacial score (nSPS) is 20.4. The molecular formula is C14H28O5P2. The Morgan fingerprint density at radius 2 is 1.48 bits per heavy atom. The Balaban J connectivity index is 2.90. The number of hydrogen-bond acceptors (Lipinski definition) is 5. The van der Waals surface area contributed by atoms with E-state index in [1.54, 1.807) is 20.8 Å². The summed E-state index contributed by atoms with van der Waals surface area (Å²) in [6, 6.07) is 0. The summed E-state index contributed by atoms with van der Waals surface area (Å²) in [5.74, 6) is -0.118. The van der Waals surface area contributed by atoms with Crippen LogP contribution in [0.15, 0.2) is 12.2 Å². The van der Waals surface area contributed by atoms with Gasteiger partial charge in [-0.1, -0.05) is 12.2 Å². The van der Waals surface area contributed by atoms with E-state index in [0.29, 0.717) is 6.61 Å². The minimum Gasteiger partial charge on any atom is -0.328 e. The molecule has 0 heterocycles. The Hall–Kier alpha value is 0.0800. The quantitative estimate of drug-likeness (QED) is 0.436. The highest BCUT2D eigenvalue weighted by Crippen LogP contribution is 2.67. The first-order chi connectivity index (χ1) is 9.89. The van der Waals surface area contributed by atoms with Crippen molar-refractivity contribution in [2.75, 3.05) is 25.7 Å². The fourth-order valence-corrected chi connectivity index (χ4v) is 9.03. The van der Waals surface area contributed by atoms with Gasteiger partial charge in [0.05, 0.1) is 19.8 Å². The zero-order valence-electron chi connectivity index (χ0n) is 13.4. The third-order valence-corrected chi connectivity index (χ3v) is 10.2. The molecule has 0 radical (unpaired) electrons. The fourth-order valence-electron chi connectivity index (χ4n) is 2.64. The Labute approximate surface area is 128 Å². The Morgan fingerprint density at radius 3 is 1.90 bits per heavy atom. The maximum atomic E-state index is 13.3. The van der Waals surface area contributed by atoms with E-state index in [1.165, 1.54) is 5.57 Å². The van der Waals surface area contributed by atoms with E-state index in [0.717, 1.165) is 25.7 Å². The van der Waals surface area contributed by atoms with Crippen LogP contribution in [0, 0.1) is 0 Å². The molecule has 1 rings (SSSR count). The molecule has 0 N–H and O–H groups in total. The van der Waals surface area contributed by atoms with Gasteiger partial charge in [-0.05, 0) is 46.5 Å².